The summed E-state index contributed by atoms with van der Waals surface area (Å²) < 4.78 is 11.8. The predicted molar refractivity (Wildman–Crippen MR) is 109 cm³/mol. The summed E-state index contributed by atoms with van der Waals surface area (Å²) in [6.45, 7) is 2.60. The first-order valence-electron chi connectivity index (χ1n) is 8.39. The zero-order chi connectivity index (χ0) is 18.8. The summed E-state index contributed by atoms with van der Waals surface area (Å²) in [5, 5.41) is 0. The normalized spacial score (nSPS) is 13.2. The first-order chi connectivity index (χ1) is 13.1. The number of rotatable bonds is 6. The van der Waals surface area contributed by atoms with Gasteiger partial charge in [-0.25, -0.2) is 4.98 Å². The van der Waals surface area contributed by atoms with Crippen LogP contribution in [0.4, 0.5) is 0 Å². The summed E-state index contributed by atoms with van der Waals surface area (Å²) in [5.41, 5.74) is 6.06. The summed E-state index contributed by atoms with van der Waals surface area (Å²) in [4.78, 5) is 18.2. The van der Waals surface area contributed by atoms with Crippen molar-refractivity contribution < 1.29 is 14.3 Å². The molecule has 4 nitrogen and oxygen atoms in total. The summed E-state index contributed by atoms with van der Waals surface area (Å²) in [7, 11) is 0. The van der Waals surface area contributed by atoms with Crippen LogP contribution >= 0.6 is 27.3 Å². The van der Waals surface area contributed by atoms with Gasteiger partial charge in [-0.1, -0.05) is 30.3 Å². The summed E-state index contributed by atoms with van der Waals surface area (Å²) in [6, 6.07) is 15.4. The number of hydrogen-bond donors (Lipinski definition) is 0. The minimum atomic E-state index is -0.0527. The van der Waals surface area contributed by atoms with Crippen molar-refractivity contribution >= 4 is 38.6 Å². The van der Waals surface area contributed by atoms with E-state index in [4.69, 9.17) is 9.47 Å². The molecule has 2 aromatic carbocycles. The van der Waals surface area contributed by atoms with Gasteiger partial charge in [0.2, 0.25) is 5.78 Å². The van der Waals surface area contributed by atoms with Gasteiger partial charge >= 0.3 is 0 Å². The Bertz CT molecular complexity index is 1030. The zero-order valence-electron chi connectivity index (χ0n) is 14.6. The minimum absolute atomic E-state index is 0.0527. The van der Waals surface area contributed by atoms with Gasteiger partial charge in [0.05, 0.1) is 22.3 Å². The molecule has 4 rings (SSSR count). The van der Waals surface area contributed by atoms with Gasteiger partial charge in [-0.05, 0) is 52.2 Å². The molecule has 0 bridgehead atoms. The zero-order valence-corrected chi connectivity index (χ0v) is 17.0. The number of nitrogens with zero attached hydrogens (tertiary/aromatic N) is 1. The first kappa shape index (κ1) is 18.1. The fourth-order valence-corrected chi connectivity index (χ4v) is 4.19. The second-order valence-electron chi connectivity index (χ2n) is 6.08. The van der Waals surface area contributed by atoms with E-state index < -0.39 is 0 Å². The van der Waals surface area contributed by atoms with E-state index in [1.54, 1.807) is 22.9 Å². The lowest BCUT2D eigenvalue weighted by Gasteiger charge is -2.09. The van der Waals surface area contributed by atoms with Gasteiger partial charge in [0, 0.05) is 16.0 Å². The highest BCUT2D eigenvalue weighted by atomic mass is 79.9. The first-order valence-corrected chi connectivity index (χ1v) is 10.1. The van der Waals surface area contributed by atoms with Gasteiger partial charge in [0.15, 0.2) is 6.79 Å². The number of Topliss-reactive ketones (excluding diaryl/α,β-unsaturated/α-hetero) is 1. The molecule has 0 amide bonds. The highest BCUT2D eigenvalue weighted by Crippen LogP contribution is 2.42. The summed E-state index contributed by atoms with van der Waals surface area (Å²) in [5.74, 6) is 0.551. The van der Waals surface area contributed by atoms with E-state index in [9.17, 15) is 4.79 Å². The van der Waals surface area contributed by atoms with E-state index in [1.807, 2.05) is 49.4 Å². The van der Waals surface area contributed by atoms with E-state index in [2.05, 4.69) is 20.9 Å². The number of aryl methyl sites for hydroxylation is 1. The van der Waals surface area contributed by atoms with Crippen molar-refractivity contribution in [2.75, 3.05) is 6.79 Å². The SMILES string of the molecule is Cc1scnc1C1=C(Br)C(=O)c2cc(OCOCc3ccccc3)ccc21. The Kier molecular flexibility index (Phi) is 5.20. The van der Waals surface area contributed by atoms with Crippen molar-refractivity contribution in [2.24, 2.45) is 0 Å². The van der Waals surface area contributed by atoms with E-state index in [0.717, 1.165) is 27.3 Å². The third-order valence-corrected chi connectivity index (χ3v) is 5.84. The van der Waals surface area contributed by atoms with Crippen molar-refractivity contribution in [3.05, 3.63) is 85.8 Å². The maximum Gasteiger partial charge on any atom is 0.201 e. The number of carbonyl (C=O) groups excluding carboxylic acids is 1. The quantitative estimate of drug-likeness (QED) is 0.381. The highest BCUT2D eigenvalue weighted by molar-refractivity contribution is 9.12. The Hall–Kier alpha value is -2.28. The molecule has 0 fully saturated rings. The van der Waals surface area contributed by atoms with Gasteiger partial charge < -0.3 is 9.47 Å². The topological polar surface area (TPSA) is 48.4 Å². The molecule has 0 saturated carbocycles. The van der Waals surface area contributed by atoms with E-state index in [1.165, 1.54) is 0 Å². The molecule has 1 aromatic heterocycles. The maximum atomic E-state index is 12.7. The van der Waals surface area contributed by atoms with Crippen molar-refractivity contribution in [3.8, 4) is 5.75 Å². The van der Waals surface area contributed by atoms with Crippen molar-refractivity contribution in [1.29, 1.82) is 0 Å². The van der Waals surface area contributed by atoms with Crippen LogP contribution in [-0.2, 0) is 11.3 Å². The number of ether oxygens (including phenoxy) is 2. The molecule has 1 aliphatic rings. The molecule has 0 aliphatic heterocycles. The number of carbonyl (C=O) groups is 1. The van der Waals surface area contributed by atoms with Crippen LogP contribution in [0.2, 0.25) is 0 Å². The average molecular weight is 442 g/mol. The smallest absolute Gasteiger partial charge is 0.201 e. The van der Waals surface area contributed by atoms with Gasteiger partial charge in [-0.15, -0.1) is 11.3 Å². The molecule has 0 unspecified atom stereocenters. The fraction of sp³-hybridized carbons (Fsp3) is 0.143. The Labute approximate surface area is 169 Å². The molecular weight excluding hydrogens is 426 g/mol. The summed E-state index contributed by atoms with van der Waals surface area (Å²) in [6.07, 6.45) is 0. The molecule has 0 radical (unpaired) electrons. The Morgan fingerprint density at radius 1 is 1.11 bits per heavy atom. The molecule has 0 atom stereocenters. The van der Waals surface area contributed by atoms with Crippen molar-refractivity contribution in [2.45, 2.75) is 13.5 Å². The molecular formula is C21H16BrNO3S. The predicted octanol–water partition coefficient (Wildman–Crippen LogP) is 5.36. The Balaban J connectivity index is 1.47. The van der Waals surface area contributed by atoms with Crippen LogP contribution < -0.4 is 4.74 Å². The van der Waals surface area contributed by atoms with Crippen LogP contribution in [-0.4, -0.2) is 17.6 Å². The average Bonchev–Trinajstić information content (AvgIpc) is 3.21. The molecule has 27 heavy (non-hydrogen) atoms. The lowest BCUT2D eigenvalue weighted by Crippen LogP contribution is -2.04. The number of halogens is 1. The fourth-order valence-electron chi connectivity index (χ4n) is 2.99. The number of aromatic nitrogens is 1. The second kappa shape index (κ2) is 7.76. The number of allylic oxidation sites excluding steroid dienone is 1. The lowest BCUT2D eigenvalue weighted by atomic mass is 10.0. The van der Waals surface area contributed by atoms with Crippen LogP contribution in [0.15, 0.2) is 58.5 Å². The molecule has 136 valence electrons. The molecule has 1 aliphatic carbocycles. The number of ketones is 1. The van der Waals surface area contributed by atoms with E-state index in [0.29, 0.717) is 22.4 Å². The van der Waals surface area contributed by atoms with Gasteiger partial charge in [-0.2, -0.15) is 0 Å². The van der Waals surface area contributed by atoms with Gasteiger partial charge in [0.25, 0.3) is 0 Å². The minimum Gasteiger partial charge on any atom is -0.468 e. The monoisotopic (exact) mass is 441 g/mol. The van der Waals surface area contributed by atoms with Crippen LogP contribution in [0.3, 0.4) is 0 Å². The molecule has 0 saturated heterocycles. The number of thiazole rings is 1. The molecule has 3 aromatic rings. The standard InChI is InChI=1S/C21H16BrNO3S/c1-13-20(23-11-27-13)18-16-8-7-15(9-17(16)21(24)19(18)22)26-12-25-10-14-5-3-2-4-6-14/h2-9,11H,10,12H2,1H3. The van der Waals surface area contributed by atoms with Crippen molar-refractivity contribution in [3.63, 3.8) is 0 Å². The molecule has 0 N–H and O–H groups in total. The number of fused-ring (bicyclic) bond motifs is 1. The largest absolute Gasteiger partial charge is 0.468 e. The van der Waals surface area contributed by atoms with Crippen molar-refractivity contribution in [1.82, 2.24) is 4.98 Å². The number of benzene rings is 2. The maximum absolute atomic E-state index is 12.7. The third-order valence-electron chi connectivity index (χ3n) is 4.33. The van der Waals surface area contributed by atoms with Crippen LogP contribution in [0.1, 0.15) is 32.1 Å². The second-order valence-corrected chi connectivity index (χ2v) is 7.93. The molecule has 1 heterocycles. The molecule has 0 spiro atoms. The van der Waals surface area contributed by atoms with E-state index >= 15 is 0 Å². The van der Waals surface area contributed by atoms with Gasteiger partial charge in [0.1, 0.15) is 5.75 Å². The molecule has 6 heteroatoms. The van der Waals surface area contributed by atoms with Crippen LogP contribution in [0.25, 0.3) is 5.57 Å². The third kappa shape index (κ3) is 3.60. The Morgan fingerprint density at radius 3 is 2.67 bits per heavy atom. The summed E-state index contributed by atoms with van der Waals surface area (Å²) >= 11 is 5.02. The van der Waals surface area contributed by atoms with Crippen LogP contribution in [0.5, 0.6) is 5.75 Å². The highest BCUT2D eigenvalue weighted by Gasteiger charge is 2.31. The van der Waals surface area contributed by atoms with Crippen LogP contribution in [0, 0.1) is 6.92 Å². The number of hydrogen-bond acceptors (Lipinski definition) is 5. The lowest BCUT2D eigenvalue weighted by molar-refractivity contribution is 0.00501. The van der Waals surface area contributed by atoms with E-state index in [-0.39, 0.29) is 12.6 Å². The Morgan fingerprint density at radius 2 is 1.93 bits per heavy atom. The van der Waals surface area contributed by atoms with Gasteiger partial charge in [-0.3, -0.25) is 4.79 Å².